The Morgan fingerprint density at radius 1 is 1.06 bits per heavy atom. The van der Waals surface area contributed by atoms with Crippen molar-refractivity contribution in [2.75, 3.05) is 0 Å². The van der Waals surface area contributed by atoms with E-state index in [1.54, 1.807) is 11.1 Å². The van der Waals surface area contributed by atoms with Gasteiger partial charge in [-0.1, -0.05) is 64.5 Å². The van der Waals surface area contributed by atoms with E-state index in [0.29, 0.717) is 0 Å². The maximum Gasteiger partial charge on any atom is 0.00404 e. The van der Waals surface area contributed by atoms with Gasteiger partial charge in [0.25, 0.3) is 0 Å². The quantitative estimate of drug-likeness (QED) is 0.506. The Hall–Kier alpha value is -0.780. The van der Waals surface area contributed by atoms with Crippen LogP contribution < -0.4 is 0 Å². The predicted octanol–water partition coefficient (Wildman–Crippen LogP) is 4.89. The van der Waals surface area contributed by atoms with Crippen LogP contribution in [0.25, 0.3) is 0 Å². The summed E-state index contributed by atoms with van der Waals surface area (Å²) in [5.74, 6) is 0.743. The Bertz CT molecular complexity index is 375. The molecule has 0 bridgehead atoms. The highest BCUT2D eigenvalue weighted by atomic mass is 14.4. The lowest BCUT2D eigenvalue weighted by molar-refractivity contribution is 0.534. The van der Waals surface area contributed by atoms with Crippen molar-refractivity contribution in [3.8, 4) is 0 Å². The maximum atomic E-state index is 2.41. The molecule has 0 aromatic heterocycles. The predicted molar refractivity (Wildman–Crippen MR) is 71.3 cm³/mol. The third kappa shape index (κ3) is 2.03. The van der Waals surface area contributed by atoms with Gasteiger partial charge in [0.2, 0.25) is 0 Å². The second-order valence-corrected chi connectivity index (χ2v) is 6.58. The second kappa shape index (κ2) is 3.61. The van der Waals surface area contributed by atoms with Gasteiger partial charge in [0.05, 0.1) is 0 Å². The molecule has 0 aliphatic heterocycles. The maximum absolute atomic E-state index is 2.41. The number of hydrogen-bond donors (Lipinski definition) is 0. The molecular weight excluding hydrogens is 192 g/mol. The van der Waals surface area contributed by atoms with Crippen LogP contribution in [0.2, 0.25) is 0 Å². The molecule has 0 fully saturated rings. The van der Waals surface area contributed by atoms with Crippen molar-refractivity contribution in [3.05, 3.63) is 35.5 Å². The molecule has 0 heterocycles. The molecule has 0 radical (unpaired) electrons. The normalized spacial score (nSPS) is 35.2. The molecule has 0 saturated heterocycles. The highest BCUT2D eigenvalue weighted by Gasteiger charge is 2.31. The third-order valence-corrected chi connectivity index (χ3v) is 4.11. The summed E-state index contributed by atoms with van der Waals surface area (Å²) >= 11 is 0. The average Bonchev–Trinajstić information content (AvgIpc) is 2.54. The minimum atomic E-state index is 0.193. The van der Waals surface area contributed by atoms with Crippen LogP contribution in [0.4, 0.5) is 0 Å². The summed E-state index contributed by atoms with van der Waals surface area (Å²) in [5.41, 5.74) is 3.69. The van der Waals surface area contributed by atoms with E-state index >= 15 is 0 Å². The van der Waals surface area contributed by atoms with Crippen molar-refractivity contribution in [2.45, 2.75) is 47.5 Å². The molecule has 0 nitrogen and oxygen atoms in total. The Kier molecular flexibility index (Phi) is 2.64. The van der Waals surface area contributed by atoms with Crippen LogP contribution in [0.3, 0.4) is 0 Å². The summed E-state index contributed by atoms with van der Waals surface area (Å²) in [7, 11) is 0. The Morgan fingerprint density at radius 3 is 2.44 bits per heavy atom. The molecule has 2 rings (SSSR count). The van der Waals surface area contributed by atoms with Crippen LogP contribution in [0.1, 0.15) is 47.5 Å². The van der Waals surface area contributed by atoms with Gasteiger partial charge in [0, 0.05) is 10.8 Å². The zero-order valence-corrected chi connectivity index (χ0v) is 11.3. The first-order chi connectivity index (χ1) is 7.32. The first kappa shape index (κ1) is 11.7. The van der Waals surface area contributed by atoms with E-state index in [1.165, 1.54) is 12.8 Å². The Labute approximate surface area is 100 Å². The summed E-state index contributed by atoms with van der Waals surface area (Å²) < 4.78 is 0. The molecule has 0 aromatic carbocycles. The van der Waals surface area contributed by atoms with E-state index in [2.05, 4.69) is 58.9 Å². The monoisotopic (exact) mass is 216 g/mol. The van der Waals surface area contributed by atoms with Crippen LogP contribution in [-0.4, -0.2) is 0 Å². The van der Waals surface area contributed by atoms with Gasteiger partial charge in [-0.15, -0.1) is 0 Å². The minimum absolute atomic E-state index is 0.193. The van der Waals surface area contributed by atoms with Gasteiger partial charge >= 0.3 is 0 Å². The molecular formula is C16H24. The van der Waals surface area contributed by atoms with Gasteiger partial charge in [0.15, 0.2) is 0 Å². The molecule has 16 heavy (non-hydrogen) atoms. The molecule has 2 aliphatic carbocycles. The summed E-state index contributed by atoms with van der Waals surface area (Å²) in [6, 6.07) is 0. The zero-order valence-electron chi connectivity index (χ0n) is 11.3. The van der Waals surface area contributed by atoms with Gasteiger partial charge in [-0.05, 0) is 24.3 Å². The third-order valence-electron chi connectivity index (χ3n) is 4.11. The largest absolute Gasteiger partial charge is 0.0782 e. The average molecular weight is 216 g/mol. The van der Waals surface area contributed by atoms with E-state index in [9.17, 15) is 0 Å². The number of rotatable bonds is 0. The van der Waals surface area contributed by atoms with Gasteiger partial charge in [0.1, 0.15) is 0 Å². The summed E-state index contributed by atoms with van der Waals surface area (Å²) in [6.45, 7) is 11.6. The molecule has 88 valence electrons. The summed E-state index contributed by atoms with van der Waals surface area (Å²) in [5, 5.41) is 0. The van der Waals surface area contributed by atoms with Crippen molar-refractivity contribution < 1.29 is 0 Å². The lowest BCUT2D eigenvalue weighted by Gasteiger charge is -2.28. The molecule has 2 aliphatic rings. The van der Waals surface area contributed by atoms with Gasteiger partial charge in [-0.2, -0.15) is 0 Å². The van der Waals surface area contributed by atoms with Gasteiger partial charge in [-0.25, -0.2) is 0 Å². The number of allylic oxidation sites excluding steroid dienone is 6. The van der Waals surface area contributed by atoms with Crippen molar-refractivity contribution in [3.63, 3.8) is 0 Å². The Balaban J connectivity index is 2.52. The van der Waals surface area contributed by atoms with Crippen molar-refractivity contribution in [1.29, 1.82) is 0 Å². The summed E-state index contributed by atoms with van der Waals surface area (Å²) in [6.07, 6.45) is 12.1. The number of hydrogen-bond acceptors (Lipinski definition) is 0. The molecule has 0 spiro atoms. The van der Waals surface area contributed by atoms with Crippen molar-refractivity contribution in [1.82, 2.24) is 0 Å². The van der Waals surface area contributed by atoms with E-state index in [1.807, 2.05) is 0 Å². The first-order valence-corrected chi connectivity index (χ1v) is 6.45. The topological polar surface area (TPSA) is 0 Å². The van der Waals surface area contributed by atoms with Crippen molar-refractivity contribution >= 4 is 0 Å². The Morgan fingerprint density at radius 2 is 1.75 bits per heavy atom. The molecule has 0 heteroatoms. The lowest BCUT2D eigenvalue weighted by atomic mass is 9.76. The minimum Gasteiger partial charge on any atom is -0.0782 e. The fourth-order valence-corrected chi connectivity index (χ4v) is 2.80. The van der Waals surface area contributed by atoms with Crippen molar-refractivity contribution in [2.24, 2.45) is 16.7 Å². The highest BCUT2D eigenvalue weighted by Crippen LogP contribution is 2.45. The molecule has 1 unspecified atom stereocenters. The molecule has 0 saturated carbocycles. The highest BCUT2D eigenvalue weighted by molar-refractivity contribution is 5.40. The van der Waals surface area contributed by atoms with Crippen LogP contribution in [0, 0.1) is 16.7 Å². The van der Waals surface area contributed by atoms with Crippen LogP contribution in [0.5, 0.6) is 0 Å². The fraction of sp³-hybridized carbons (Fsp3) is 0.625. The van der Waals surface area contributed by atoms with Gasteiger partial charge in [-0.3, -0.25) is 0 Å². The second-order valence-electron chi connectivity index (χ2n) is 6.58. The van der Waals surface area contributed by atoms with Crippen LogP contribution in [-0.2, 0) is 0 Å². The van der Waals surface area contributed by atoms with Crippen LogP contribution in [0.15, 0.2) is 35.5 Å². The van der Waals surface area contributed by atoms with E-state index in [0.717, 1.165) is 5.92 Å². The van der Waals surface area contributed by atoms with E-state index in [-0.39, 0.29) is 10.8 Å². The standard InChI is InChI=1S/C16H24/c1-12-6-7-14-13(12)8-9-15(2,3)10-11-16(14,4)5/h8-12H,6-7H2,1-5H3/b9-8-,11-10-. The SMILES string of the molecule is CC1CCC2=C1/C=C\C(C)(C)/C=C\C2(C)C. The first-order valence-electron chi connectivity index (χ1n) is 6.45. The van der Waals surface area contributed by atoms with E-state index < -0.39 is 0 Å². The zero-order chi connectivity index (χ0) is 12.0. The lowest BCUT2D eigenvalue weighted by Crippen LogP contribution is -2.15. The van der Waals surface area contributed by atoms with Gasteiger partial charge < -0.3 is 0 Å². The van der Waals surface area contributed by atoms with E-state index in [4.69, 9.17) is 0 Å². The summed E-state index contributed by atoms with van der Waals surface area (Å²) in [4.78, 5) is 0. The molecule has 1 atom stereocenters. The van der Waals surface area contributed by atoms with Crippen LogP contribution >= 0.6 is 0 Å². The molecule has 0 N–H and O–H groups in total. The fourth-order valence-electron chi connectivity index (χ4n) is 2.80. The smallest absolute Gasteiger partial charge is 0.00404 e. The molecule has 0 amide bonds. The molecule has 0 aromatic rings.